The van der Waals surface area contributed by atoms with Crippen molar-refractivity contribution in [3.05, 3.63) is 34.1 Å². The van der Waals surface area contributed by atoms with E-state index in [1.54, 1.807) is 0 Å². The maximum absolute atomic E-state index is 13.6. The molecular formula is C10H7BrF3NO2. The summed E-state index contributed by atoms with van der Waals surface area (Å²) in [5.74, 6) is -4.18. The minimum absolute atomic E-state index is 0.171. The van der Waals surface area contributed by atoms with Crippen LogP contribution in [-0.2, 0) is 4.74 Å². The molecule has 0 aliphatic carbocycles. The molecule has 1 saturated heterocycles. The topological polar surface area (TPSA) is 38.3 Å². The Morgan fingerprint density at radius 1 is 1.47 bits per heavy atom. The van der Waals surface area contributed by atoms with E-state index in [2.05, 4.69) is 20.7 Å². The Morgan fingerprint density at radius 2 is 2.18 bits per heavy atom. The summed E-state index contributed by atoms with van der Waals surface area (Å²) in [5.41, 5.74) is -0.283. The van der Waals surface area contributed by atoms with Crippen molar-refractivity contribution < 1.29 is 22.7 Å². The van der Waals surface area contributed by atoms with E-state index in [0.717, 1.165) is 6.07 Å². The van der Waals surface area contributed by atoms with Gasteiger partial charge in [0.2, 0.25) is 0 Å². The van der Waals surface area contributed by atoms with Gasteiger partial charge in [0.15, 0.2) is 6.61 Å². The van der Waals surface area contributed by atoms with Crippen molar-refractivity contribution in [2.24, 2.45) is 0 Å². The second kappa shape index (κ2) is 4.21. The number of alkyl carbamates (subject to hydrolysis) is 1. The van der Waals surface area contributed by atoms with Crippen LogP contribution >= 0.6 is 15.9 Å². The number of rotatable bonds is 1. The first-order chi connectivity index (χ1) is 7.92. The van der Waals surface area contributed by atoms with Crippen LogP contribution in [0.25, 0.3) is 0 Å². The van der Waals surface area contributed by atoms with E-state index in [0.29, 0.717) is 0 Å². The second-order valence-corrected chi connectivity index (χ2v) is 4.40. The Kier molecular flexibility index (Phi) is 3.03. The number of alkyl halides is 2. The molecule has 0 spiro atoms. The van der Waals surface area contributed by atoms with Gasteiger partial charge in [-0.2, -0.15) is 0 Å². The molecule has 1 aromatic rings. The first kappa shape index (κ1) is 12.2. The Hall–Kier alpha value is -1.24. The van der Waals surface area contributed by atoms with E-state index in [4.69, 9.17) is 0 Å². The molecule has 0 saturated carbocycles. The third-order valence-corrected chi connectivity index (χ3v) is 3.06. The summed E-state index contributed by atoms with van der Waals surface area (Å²) in [6, 6.07) is 2.12. The lowest BCUT2D eigenvalue weighted by Crippen LogP contribution is -2.50. The van der Waals surface area contributed by atoms with Crippen LogP contribution in [0.4, 0.5) is 18.0 Å². The van der Waals surface area contributed by atoms with Gasteiger partial charge in [0.1, 0.15) is 11.9 Å². The molecule has 0 bridgehead atoms. The maximum atomic E-state index is 13.6. The lowest BCUT2D eigenvalue weighted by Gasteiger charge is -2.32. The van der Waals surface area contributed by atoms with Crippen LogP contribution in [0.2, 0.25) is 0 Å². The van der Waals surface area contributed by atoms with E-state index in [-0.39, 0.29) is 10.0 Å². The van der Waals surface area contributed by atoms with Crippen LogP contribution in [0, 0.1) is 5.82 Å². The fraction of sp³-hybridized carbons (Fsp3) is 0.300. The predicted molar refractivity (Wildman–Crippen MR) is 56.3 cm³/mol. The average Bonchev–Trinajstić information content (AvgIpc) is 2.23. The lowest BCUT2D eigenvalue weighted by atomic mass is 9.99. The molecule has 0 aromatic heterocycles. The third-order valence-electron chi connectivity index (χ3n) is 2.37. The quantitative estimate of drug-likeness (QED) is 0.866. The van der Waals surface area contributed by atoms with Crippen LogP contribution in [0.5, 0.6) is 0 Å². The highest BCUT2D eigenvalue weighted by Gasteiger charge is 2.48. The molecule has 1 N–H and O–H groups in total. The molecule has 3 nitrogen and oxygen atoms in total. The molecule has 1 amide bonds. The third kappa shape index (κ3) is 2.24. The molecule has 7 heteroatoms. The zero-order valence-corrected chi connectivity index (χ0v) is 9.93. The smallest absolute Gasteiger partial charge is 0.408 e. The molecule has 92 valence electrons. The van der Waals surface area contributed by atoms with Crippen LogP contribution in [0.3, 0.4) is 0 Å². The Labute approximate surface area is 103 Å². The van der Waals surface area contributed by atoms with Crippen molar-refractivity contribution >= 4 is 22.0 Å². The highest BCUT2D eigenvalue weighted by molar-refractivity contribution is 9.10. The lowest BCUT2D eigenvalue weighted by molar-refractivity contribution is -0.105. The van der Waals surface area contributed by atoms with Crippen molar-refractivity contribution in [2.45, 2.75) is 12.0 Å². The van der Waals surface area contributed by atoms with Gasteiger partial charge in [-0.3, -0.25) is 0 Å². The van der Waals surface area contributed by atoms with Gasteiger partial charge in [0.05, 0.1) is 0 Å². The molecule has 1 aliphatic heterocycles. The number of carbonyl (C=O) groups excluding carboxylic acids is 1. The van der Waals surface area contributed by atoms with Gasteiger partial charge < -0.3 is 10.1 Å². The Balaban J connectivity index is 2.46. The van der Waals surface area contributed by atoms with E-state index in [1.807, 2.05) is 5.32 Å². The molecule has 0 radical (unpaired) electrons. The van der Waals surface area contributed by atoms with Gasteiger partial charge in [0, 0.05) is 10.0 Å². The molecule has 2 rings (SSSR count). The fourth-order valence-corrected chi connectivity index (χ4v) is 2.15. The molecule has 1 fully saturated rings. The monoisotopic (exact) mass is 309 g/mol. The number of nitrogens with one attached hydrogen (secondary N) is 1. The normalized spacial score (nSPS) is 22.8. The standard InChI is InChI=1S/C10H7BrF3NO2/c11-5-2-1-3-6(12)7(5)8-10(13,14)4-17-9(16)15-8/h1-3,8H,4H2,(H,15,16)/t8-/m1/s1. The van der Waals surface area contributed by atoms with Crippen LogP contribution in [-0.4, -0.2) is 18.6 Å². The van der Waals surface area contributed by atoms with Gasteiger partial charge in [-0.25, -0.2) is 18.0 Å². The number of amides is 1. The predicted octanol–water partition coefficient (Wildman–Crippen LogP) is 3.00. The summed E-state index contributed by atoms with van der Waals surface area (Å²) in [5, 5.41) is 1.92. The molecule has 1 atom stereocenters. The Bertz CT molecular complexity index is 447. The first-order valence-corrected chi connectivity index (χ1v) is 5.46. The van der Waals surface area contributed by atoms with E-state index < -0.39 is 30.5 Å². The van der Waals surface area contributed by atoms with Gasteiger partial charge in [-0.1, -0.05) is 22.0 Å². The van der Waals surface area contributed by atoms with Gasteiger partial charge >= 0.3 is 12.0 Å². The van der Waals surface area contributed by atoms with Gasteiger partial charge in [0.25, 0.3) is 0 Å². The van der Waals surface area contributed by atoms with Crippen molar-refractivity contribution in [2.75, 3.05) is 6.61 Å². The number of hydrogen-bond donors (Lipinski definition) is 1. The molecule has 17 heavy (non-hydrogen) atoms. The summed E-state index contributed by atoms with van der Waals surface area (Å²) >= 11 is 2.99. The van der Waals surface area contributed by atoms with E-state index in [9.17, 15) is 18.0 Å². The van der Waals surface area contributed by atoms with Gasteiger partial charge in [-0.05, 0) is 12.1 Å². The highest BCUT2D eigenvalue weighted by atomic mass is 79.9. The van der Waals surface area contributed by atoms with Crippen LogP contribution in [0.15, 0.2) is 22.7 Å². The second-order valence-electron chi connectivity index (χ2n) is 3.55. The van der Waals surface area contributed by atoms with Crippen molar-refractivity contribution in [3.63, 3.8) is 0 Å². The van der Waals surface area contributed by atoms with Crippen LogP contribution < -0.4 is 5.32 Å². The van der Waals surface area contributed by atoms with Crippen LogP contribution in [0.1, 0.15) is 11.6 Å². The van der Waals surface area contributed by atoms with Crippen molar-refractivity contribution in [3.8, 4) is 0 Å². The van der Waals surface area contributed by atoms with E-state index >= 15 is 0 Å². The largest absolute Gasteiger partial charge is 0.443 e. The molecule has 1 aliphatic rings. The number of benzene rings is 1. The number of ether oxygens (including phenoxy) is 1. The molecule has 1 aromatic carbocycles. The highest BCUT2D eigenvalue weighted by Crippen LogP contribution is 2.38. The number of hydrogen-bond acceptors (Lipinski definition) is 2. The Morgan fingerprint density at radius 3 is 2.82 bits per heavy atom. The summed E-state index contributed by atoms with van der Waals surface area (Å²) in [6.45, 7) is -1.07. The maximum Gasteiger partial charge on any atom is 0.408 e. The summed E-state index contributed by atoms with van der Waals surface area (Å²) < 4.78 is 45.0. The van der Waals surface area contributed by atoms with Crippen molar-refractivity contribution in [1.82, 2.24) is 5.32 Å². The van der Waals surface area contributed by atoms with E-state index in [1.165, 1.54) is 12.1 Å². The zero-order valence-electron chi connectivity index (χ0n) is 8.34. The molecule has 0 unspecified atom stereocenters. The summed E-state index contributed by atoms with van der Waals surface area (Å²) in [6.07, 6.45) is -0.990. The number of carbonyl (C=O) groups is 1. The number of cyclic esters (lactones) is 1. The SMILES string of the molecule is O=C1N[C@H](c2c(F)cccc2Br)C(F)(F)CO1. The number of halogens is 4. The summed E-state index contributed by atoms with van der Waals surface area (Å²) in [4.78, 5) is 11.0. The molecular weight excluding hydrogens is 303 g/mol. The van der Waals surface area contributed by atoms with Gasteiger partial charge in [-0.15, -0.1) is 0 Å². The summed E-state index contributed by atoms with van der Waals surface area (Å²) in [7, 11) is 0. The molecule has 1 heterocycles. The van der Waals surface area contributed by atoms with Crippen molar-refractivity contribution in [1.29, 1.82) is 0 Å². The minimum atomic E-state index is -3.36. The first-order valence-electron chi connectivity index (χ1n) is 4.67. The average molecular weight is 310 g/mol. The fourth-order valence-electron chi connectivity index (χ4n) is 1.58. The zero-order chi connectivity index (χ0) is 12.6. The minimum Gasteiger partial charge on any atom is -0.443 e.